The van der Waals surface area contributed by atoms with Crippen molar-refractivity contribution in [2.75, 3.05) is 6.54 Å². The first-order valence-electron chi connectivity index (χ1n) is 10.3. The van der Waals surface area contributed by atoms with Crippen molar-refractivity contribution in [2.24, 2.45) is 0 Å². The molecule has 0 aliphatic heterocycles. The van der Waals surface area contributed by atoms with Crippen molar-refractivity contribution in [1.82, 2.24) is 24.2 Å². The number of aromatic amines is 2. The third-order valence-electron chi connectivity index (χ3n) is 5.07. The SMILES string of the molecule is CCCn1c(=O)[nH]c2nc(-c3ccc(S(=O)(=O)NCCc4ccccc4)cc3)[nH]c2c1=O. The number of H-pyrrole nitrogens is 2. The fraction of sp³-hybridized carbons (Fsp3) is 0.227. The van der Waals surface area contributed by atoms with Gasteiger partial charge in [-0.1, -0.05) is 37.3 Å². The number of nitrogens with one attached hydrogen (secondary N) is 3. The molecule has 0 amide bonds. The Balaban J connectivity index is 1.54. The van der Waals surface area contributed by atoms with E-state index in [0.717, 1.165) is 10.1 Å². The summed E-state index contributed by atoms with van der Waals surface area (Å²) in [5.41, 5.74) is 1.06. The van der Waals surface area contributed by atoms with Crippen LogP contribution in [0, 0.1) is 0 Å². The van der Waals surface area contributed by atoms with E-state index in [1.165, 1.54) is 12.1 Å². The smallest absolute Gasteiger partial charge is 0.330 e. The molecule has 0 aliphatic carbocycles. The molecule has 0 fully saturated rings. The van der Waals surface area contributed by atoms with Gasteiger partial charge in [-0.15, -0.1) is 0 Å². The Morgan fingerprint density at radius 3 is 2.41 bits per heavy atom. The lowest BCUT2D eigenvalue weighted by Gasteiger charge is -2.07. The van der Waals surface area contributed by atoms with Crippen LogP contribution in [0.2, 0.25) is 0 Å². The molecular weight excluding hydrogens is 430 g/mol. The van der Waals surface area contributed by atoms with Gasteiger partial charge in [0.05, 0.1) is 4.90 Å². The van der Waals surface area contributed by atoms with Crippen molar-refractivity contribution in [3.8, 4) is 11.4 Å². The van der Waals surface area contributed by atoms with E-state index in [1.54, 1.807) is 12.1 Å². The molecule has 10 heteroatoms. The van der Waals surface area contributed by atoms with Gasteiger partial charge in [0.1, 0.15) is 11.3 Å². The molecular formula is C22H23N5O4S. The lowest BCUT2D eigenvalue weighted by molar-refractivity contribution is 0.581. The van der Waals surface area contributed by atoms with Gasteiger partial charge in [-0.3, -0.25) is 14.3 Å². The number of fused-ring (bicyclic) bond motifs is 1. The Morgan fingerprint density at radius 2 is 1.72 bits per heavy atom. The van der Waals surface area contributed by atoms with Gasteiger partial charge >= 0.3 is 5.69 Å². The highest BCUT2D eigenvalue weighted by atomic mass is 32.2. The molecule has 2 aromatic heterocycles. The number of aromatic nitrogens is 4. The second kappa shape index (κ2) is 8.93. The van der Waals surface area contributed by atoms with E-state index < -0.39 is 21.3 Å². The lowest BCUT2D eigenvalue weighted by Crippen LogP contribution is -2.34. The molecule has 2 aromatic carbocycles. The fourth-order valence-electron chi connectivity index (χ4n) is 3.43. The van der Waals surface area contributed by atoms with Gasteiger partial charge in [-0.2, -0.15) is 0 Å². The number of benzene rings is 2. The molecule has 166 valence electrons. The Hall–Kier alpha value is -3.50. The third-order valence-corrected chi connectivity index (χ3v) is 6.54. The summed E-state index contributed by atoms with van der Waals surface area (Å²) in [6, 6.07) is 15.8. The molecule has 0 unspecified atom stereocenters. The molecule has 0 aliphatic rings. The summed E-state index contributed by atoms with van der Waals surface area (Å²) in [5, 5.41) is 0. The zero-order valence-corrected chi connectivity index (χ0v) is 18.3. The van der Waals surface area contributed by atoms with Crippen LogP contribution in [0.1, 0.15) is 18.9 Å². The van der Waals surface area contributed by atoms with Gasteiger partial charge in [0.25, 0.3) is 5.56 Å². The summed E-state index contributed by atoms with van der Waals surface area (Å²) in [6.45, 7) is 2.47. The summed E-state index contributed by atoms with van der Waals surface area (Å²) in [6.07, 6.45) is 1.23. The molecule has 0 radical (unpaired) electrons. The number of hydrogen-bond acceptors (Lipinski definition) is 5. The summed E-state index contributed by atoms with van der Waals surface area (Å²) in [5.74, 6) is 0.364. The van der Waals surface area contributed by atoms with Crippen molar-refractivity contribution in [3.05, 3.63) is 81.0 Å². The normalized spacial score (nSPS) is 11.8. The first kappa shape index (κ1) is 21.7. The van der Waals surface area contributed by atoms with Gasteiger partial charge in [0, 0.05) is 18.7 Å². The maximum atomic E-state index is 12.6. The summed E-state index contributed by atoms with van der Waals surface area (Å²) in [7, 11) is -3.66. The second-order valence-electron chi connectivity index (χ2n) is 7.35. The van der Waals surface area contributed by atoms with Gasteiger partial charge in [-0.05, 0) is 42.7 Å². The molecule has 0 bridgehead atoms. The Morgan fingerprint density at radius 1 is 1.00 bits per heavy atom. The van der Waals surface area contributed by atoms with Gasteiger partial charge in [-0.25, -0.2) is 22.9 Å². The zero-order chi connectivity index (χ0) is 22.7. The molecule has 0 saturated carbocycles. The topological polar surface area (TPSA) is 130 Å². The minimum Gasteiger partial charge on any atom is -0.332 e. The first-order chi connectivity index (χ1) is 15.4. The van der Waals surface area contributed by atoms with Crippen LogP contribution in [-0.2, 0) is 23.0 Å². The molecule has 32 heavy (non-hydrogen) atoms. The van der Waals surface area contributed by atoms with Crippen LogP contribution >= 0.6 is 0 Å². The van der Waals surface area contributed by atoms with E-state index in [2.05, 4.69) is 19.7 Å². The fourth-order valence-corrected chi connectivity index (χ4v) is 4.46. The average Bonchev–Trinajstić information content (AvgIpc) is 3.21. The predicted octanol–water partition coefficient (Wildman–Crippen LogP) is 2.01. The number of hydrogen-bond donors (Lipinski definition) is 3. The molecule has 4 rings (SSSR count). The second-order valence-corrected chi connectivity index (χ2v) is 9.12. The largest absolute Gasteiger partial charge is 0.332 e. The van der Waals surface area contributed by atoms with E-state index in [9.17, 15) is 18.0 Å². The van der Waals surface area contributed by atoms with Crippen LogP contribution in [0.3, 0.4) is 0 Å². The number of nitrogens with zero attached hydrogens (tertiary/aromatic N) is 2. The Bertz CT molecular complexity index is 1450. The molecule has 2 heterocycles. The molecule has 0 saturated heterocycles. The van der Waals surface area contributed by atoms with Crippen LogP contribution < -0.4 is 16.0 Å². The van der Waals surface area contributed by atoms with E-state index >= 15 is 0 Å². The molecule has 3 N–H and O–H groups in total. The van der Waals surface area contributed by atoms with Crippen LogP contribution in [0.25, 0.3) is 22.6 Å². The van der Waals surface area contributed by atoms with Crippen LogP contribution in [0.5, 0.6) is 0 Å². The number of rotatable bonds is 8. The van der Waals surface area contributed by atoms with Crippen molar-refractivity contribution in [1.29, 1.82) is 0 Å². The highest BCUT2D eigenvalue weighted by Gasteiger charge is 2.16. The van der Waals surface area contributed by atoms with E-state index in [4.69, 9.17) is 0 Å². The monoisotopic (exact) mass is 453 g/mol. The quantitative estimate of drug-likeness (QED) is 0.376. The summed E-state index contributed by atoms with van der Waals surface area (Å²) >= 11 is 0. The highest BCUT2D eigenvalue weighted by Crippen LogP contribution is 2.20. The minimum absolute atomic E-state index is 0.129. The average molecular weight is 454 g/mol. The zero-order valence-electron chi connectivity index (χ0n) is 17.5. The van der Waals surface area contributed by atoms with Crippen LogP contribution in [0.15, 0.2) is 69.1 Å². The van der Waals surface area contributed by atoms with Gasteiger partial charge < -0.3 is 4.98 Å². The number of sulfonamides is 1. The predicted molar refractivity (Wildman–Crippen MR) is 122 cm³/mol. The maximum absolute atomic E-state index is 12.6. The van der Waals surface area contributed by atoms with Crippen molar-refractivity contribution >= 4 is 21.2 Å². The molecule has 4 aromatic rings. The summed E-state index contributed by atoms with van der Waals surface area (Å²) in [4.78, 5) is 34.6. The Kier molecular flexibility index (Phi) is 6.06. The molecule has 0 atom stereocenters. The van der Waals surface area contributed by atoms with Crippen LogP contribution in [-0.4, -0.2) is 34.5 Å². The van der Waals surface area contributed by atoms with Crippen LogP contribution in [0.4, 0.5) is 0 Å². The van der Waals surface area contributed by atoms with Crippen molar-refractivity contribution in [2.45, 2.75) is 31.2 Å². The van der Waals surface area contributed by atoms with Gasteiger partial charge in [0.15, 0.2) is 5.65 Å². The van der Waals surface area contributed by atoms with E-state index in [0.29, 0.717) is 30.8 Å². The van der Waals surface area contributed by atoms with Gasteiger partial charge in [0.2, 0.25) is 10.0 Å². The highest BCUT2D eigenvalue weighted by molar-refractivity contribution is 7.89. The standard InChI is InChI=1S/C22H23N5O4S/c1-2-14-27-21(28)18-20(26-22(27)29)25-19(24-18)16-8-10-17(11-9-16)32(30,31)23-13-12-15-6-4-3-5-7-15/h3-11,23H,2,12-14H2,1H3,(H,24,25)(H,26,29). The Labute approximate surface area is 184 Å². The number of imidazole rings is 1. The first-order valence-corrected chi connectivity index (χ1v) is 11.7. The minimum atomic E-state index is -3.66. The van der Waals surface area contributed by atoms with Crippen molar-refractivity contribution in [3.63, 3.8) is 0 Å². The van der Waals surface area contributed by atoms with E-state index in [1.807, 2.05) is 37.3 Å². The third kappa shape index (κ3) is 4.41. The molecule has 0 spiro atoms. The summed E-state index contributed by atoms with van der Waals surface area (Å²) < 4.78 is 28.9. The maximum Gasteiger partial charge on any atom is 0.330 e. The lowest BCUT2D eigenvalue weighted by atomic mass is 10.2. The van der Waals surface area contributed by atoms with Crippen molar-refractivity contribution < 1.29 is 8.42 Å². The van der Waals surface area contributed by atoms with E-state index in [-0.39, 0.29) is 22.6 Å². The molecule has 9 nitrogen and oxygen atoms in total.